The maximum Gasteiger partial charge on any atom is 0.269 e. The SMILES string of the molecule is NC(=O)c1nn(CC(=O)N(C(C=O)CNCc2cccc(Cl)c2F)C2CC(CO)C2)c2ccccc12. The number of aromatic nitrogens is 2. The Morgan fingerprint density at radius 2 is 2.03 bits per heavy atom. The molecule has 11 heteroatoms. The zero-order valence-corrected chi connectivity index (χ0v) is 20.2. The molecule has 1 aromatic heterocycles. The van der Waals surface area contributed by atoms with Crippen molar-refractivity contribution in [1.82, 2.24) is 20.0 Å². The van der Waals surface area contributed by atoms with Crippen molar-refractivity contribution in [2.75, 3.05) is 13.2 Å². The molecular formula is C25H27ClFN5O4. The van der Waals surface area contributed by atoms with Gasteiger partial charge in [0, 0.05) is 36.7 Å². The fraction of sp³-hybridized carbons (Fsp3) is 0.360. The molecule has 1 fully saturated rings. The van der Waals surface area contributed by atoms with Crippen molar-refractivity contribution in [2.45, 2.75) is 38.0 Å². The van der Waals surface area contributed by atoms with Gasteiger partial charge in [0.25, 0.3) is 5.91 Å². The number of nitrogens with zero attached hydrogens (tertiary/aromatic N) is 3. The first-order valence-corrected chi connectivity index (χ1v) is 12.0. The summed E-state index contributed by atoms with van der Waals surface area (Å²) in [5.41, 5.74) is 6.44. The van der Waals surface area contributed by atoms with Crippen LogP contribution in [0.5, 0.6) is 0 Å². The highest BCUT2D eigenvalue weighted by Gasteiger charge is 2.39. The van der Waals surface area contributed by atoms with E-state index in [-0.39, 0.29) is 54.8 Å². The molecule has 1 aliphatic carbocycles. The van der Waals surface area contributed by atoms with Gasteiger partial charge in [-0.25, -0.2) is 4.39 Å². The van der Waals surface area contributed by atoms with Crippen molar-refractivity contribution >= 4 is 40.6 Å². The smallest absolute Gasteiger partial charge is 0.269 e. The van der Waals surface area contributed by atoms with Crippen LogP contribution in [0.4, 0.5) is 4.39 Å². The van der Waals surface area contributed by atoms with E-state index in [2.05, 4.69) is 10.4 Å². The molecule has 0 radical (unpaired) electrons. The van der Waals surface area contributed by atoms with Crippen LogP contribution in [0.1, 0.15) is 28.9 Å². The molecule has 1 aliphatic rings. The van der Waals surface area contributed by atoms with Crippen molar-refractivity contribution in [3.8, 4) is 0 Å². The zero-order valence-electron chi connectivity index (χ0n) is 19.4. The number of carbonyl (C=O) groups excluding carboxylic acids is 3. The van der Waals surface area contributed by atoms with Crippen molar-refractivity contribution in [3.05, 3.63) is 64.6 Å². The summed E-state index contributed by atoms with van der Waals surface area (Å²) in [6.07, 6.45) is 1.80. The van der Waals surface area contributed by atoms with Crippen LogP contribution in [0.25, 0.3) is 10.9 Å². The molecule has 2 aromatic carbocycles. The molecule has 0 bridgehead atoms. The lowest BCUT2D eigenvalue weighted by Gasteiger charge is -2.44. The molecule has 36 heavy (non-hydrogen) atoms. The van der Waals surface area contributed by atoms with Gasteiger partial charge in [0.2, 0.25) is 5.91 Å². The molecule has 2 amide bonds. The Labute approximate surface area is 212 Å². The number of aldehydes is 1. The molecule has 4 N–H and O–H groups in total. The van der Waals surface area contributed by atoms with Crippen LogP contribution in [0.2, 0.25) is 5.02 Å². The number of amides is 2. The second-order valence-corrected chi connectivity index (χ2v) is 9.32. The Balaban J connectivity index is 1.53. The normalized spacial score (nSPS) is 18.0. The maximum absolute atomic E-state index is 14.2. The average molecular weight is 516 g/mol. The van der Waals surface area contributed by atoms with E-state index in [4.69, 9.17) is 17.3 Å². The largest absolute Gasteiger partial charge is 0.396 e. The van der Waals surface area contributed by atoms with E-state index < -0.39 is 17.8 Å². The van der Waals surface area contributed by atoms with Crippen LogP contribution in [-0.2, 0) is 22.7 Å². The first-order valence-electron chi connectivity index (χ1n) is 11.6. The molecule has 0 saturated heterocycles. The number of para-hydroxylation sites is 1. The predicted molar refractivity (Wildman–Crippen MR) is 132 cm³/mol. The summed E-state index contributed by atoms with van der Waals surface area (Å²) in [6.45, 7) is 0.00598. The molecule has 1 unspecified atom stereocenters. The Bertz CT molecular complexity index is 1280. The van der Waals surface area contributed by atoms with E-state index in [9.17, 15) is 23.9 Å². The van der Waals surface area contributed by atoms with Gasteiger partial charge in [-0.3, -0.25) is 14.3 Å². The van der Waals surface area contributed by atoms with Gasteiger partial charge in [0.1, 0.15) is 24.7 Å². The number of nitrogens with two attached hydrogens (primary N) is 1. The van der Waals surface area contributed by atoms with Gasteiger partial charge >= 0.3 is 0 Å². The number of rotatable bonds is 11. The monoisotopic (exact) mass is 515 g/mol. The van der Waals surface area contributed by atoms with Gasteiger partial charge in [-0.2, -0.15) is 5.10 Å². The summed E-state index contributed by atoms with van der Waals surface area (Å²) in [6, 6.07) is 10.5. The van der Waals surface area contributed by atoms with Gasteiger partial charge in [-0.15, -0.1) is 0 Å². The minimum absolute atomic E-state index is 0.00233. The number of primary amides is 1. The van der Waals surface area contributed by atoms with Gasteiger partial charge in [-0.1, -0.05) is 41.9 Å². The third-order valence-corrected chi connectivity index (χ3v) is 6.83. The molecular weight excluding hydrogens is 489 g/mol. The molecule has 3 aromatic rings. The number of fused-ring (bicyclic) bond motifs is 1. The molecule has 1 saturated carbocycles. The van der Waals surface area contributed by atoms with E-state index >= 15 is 0 Å². The second kappa shape index (κ2) is 11.2. The number of hydrogen-bond acceptors (Lipinski definition) is 6. The van der Waals surface area contributed by atoms with Gasteiger partial charge in [0.15, 0.2) is 5.69 Å². The van der Waals surface area contributed by atoms with Crippen molar-refractivity contribution in [2.24, 2.45) is 11.7 Å². The Morgan fingerprint density at radius 3 is 2.72 bits per heavy atom. The highest BCUT2D eigenvalue weighted by atomic mass is 35.5. The number of aliphatic hydroxyl groups is 1. The highest BCUT2D eigenvalue weighted by Crippen LogP contribution is 2.33. The summed E-state index contributed by atoms with van der Waals surface area (Å²) in [5, 5.41) is 17.3. The minimum Gasteiger partial charge on any atom is -0.396 e. The van der Waals surface area contributed by atoms with Crippen molar-refractivity contribution in [3.63, 3.8) is 0 Å². The zero-order chi connectivity index (χ0) is 25.8. The third kappa shape index (κ3) is 5.25. The predicted octanol–water partition coefficient (Wildman–Crippen LogP) is 1.88. The second-order valence-electron chi connectivity index (χ2n) is 8.91. The highest BCUT2D eigenvalue weighted by molar-refractivity contribution is 6.30. The van der Waals surface area contributed by atoms with Crippen molar-refractivity contribution in [1.29, 1.82) is 0 Å². The molecule has 4 rings (SSSR count). The molecule has 190 valence electrons. The Morgan fingerprint density at radius 1 is 1.28 bits per heavy atom. The standard InChI is InChI=1S/C25H27ClFN5O4/c26-20-6-3-4-16(23(20)27)10-29-11-18(14-34)32(17-8-15(9-17)13-33)22(35)12-31-21-7-2-1-5-19(21)24(30-31)25(28)36/h1-7,14-15,17-18,29,33H,8-13H2,(H2,28,36). The number of hydrogen-bond donors (Lipinski definition) is 3. The van der Waals surface area contributed by atoms with E-state index in [0.717, 1.165) is 0 Å². The molecule has 0 aliphatic heterocycles. The van der Waals surface area contributed by atoms with Crippen LogP contribution >= 0.6 is 11.6 Å². The van der Waals surface area contributed by atoms with Gasteiger partial charge in [-0.05, 0) is 30.9 Å². The molecule has 9 nitrogen and oxygen atoms in total. The average Bonchev–Trinajstić information content (AvgIpc) is 3.20. The Kier molecular flexibility index (Phi) is 7.97. The molecule has 1 atom stereocenters. The number of halogens is 2. The van der Waals surface area contributed by atoms with Crippen molar-refractivity contribution < 1.29 is 23.9 Å². The molecule has 1 heterocycles. The lowest BCUT2D eigenvalue weighted by Crippen LogP contribution is -2.57. The lowest BCUT2D eigenvalue weighted by molar-refractivity contribution is -0.143. The summed E-state index contributed by atoms with van der Waals surface area (Å²) in [4.78, 5) is 39.0. The van der Waals surface area contributed by atoms with E-state index in [1.165, 1.54) is 15.6 Å². The summed E-state index contributed by atoms with van der Waals surface area (Å²) in [5.74, 6) is -1.56. The summed E-state index contributed by atoms with van der Waals surface area (Å²) >= 11 is 5.84. The van der Waals surface area contributed by atoms with Crippen LogP contribution in [-0.4, -0.2) is 63.1 Å². The fourth-order valence-corrected chi connectivity index (χ4v) is 4.82. The number of aliphatic hydroxyl groups excluding tert-OH is 1. The number of carbonyl (C=O) groups is 3. The fourth-order valence-electron chi connectivity index (χ4n) is 4.63. The van der Waals surface area contributed by atoms with Crippen LogP contribution < -0.4 is 11.1 Å². The quantitative estimate of drug-likeness (QED) is 0.334. The van der Waals surface area contributed by atoms with Gasteiger partial charge < -0.3 is 25.9 Å². The minimum atomic E-state index is -0.832. The maximum atomic E-state index is 14.2. The summed E-state index contributed by atoms with van der Waals surface area (Å²) in [7, 11) is 0. The van der Waals surface area contributed by atoms with Crippen LogP contribution in [0.3, 0.4) is 0 Å². The van der Waals surface area contributed by atoms with E-state index in [1.54, 1.807) is 36.4 Å². The number of benzene rings is 2. The van der Waals surface area contributed by atoms with E-state index in [0.29, 0.717) is 35.6 Å². The number of nitrogens with one attached hydrogen (secondary N) is 1. The summed E-state index contributed by atoms with van der Waals surface area (Å²) < 4.78 is 15.6. The third-order valence-electron chi connectivity index (χ3n) is 6.54. The topological polar surface area (TPSA) is 131 Å². The van der Waals surface area contributed by atoms with E-state index in [1.807, 2.05) is 0 Å². The molecule has 0 spiro atoms. The Hall–Kier alpha value is -3.34. The first-order chi connectivity index (χ1) is 17.3. The lowest BCUT2D eigenvalue weighted by atomic mass is 9.79. The van der Waals surface area contributed by atoms with Gasteiger partial charge in [0.05, 0.1) is 10.5 Å². The van der Waals surface area contributed by atoms with Crippen LogP contribution in [0.15, 0.2) is 42.5 Å². The van der Waals surface area contributed by atoms with Crippen LogP contribution in [0, 0.1) is 11.7 Å². The first kappa shape index (κ1) is 25.7.